The van der Waals surface area contributed by atoms with Gasteiger partial charge in [0.25, 0.3) is 5.56 Å². The monoisotopic (exact) mass is 487 g/mol. The Labute approximate surface area is 188 Å². The number of amides is 1. The first kappa shape index (κ1) is 21.7. The maximum Gasteiger partial charge on any atom is 0.281 e. The van der Waals surface area contributed by atoms with Gasteiger partial charge in [0.1, 0.15) is 6.33 Å². The van der Waals surface area contributed by atoms with Crippen molar-refractivity contribution in [2.75, 3.05) is 13.1 Å². The topological polar surface area (TPSA) is 93.2 Å². The van der Waals surface area contributed by atoms with E-state index in [2.05, 4.69) is 32.8 Å². The van der Waals surface area contributed by atoms with Crippen LogP contribution in [-0.2, 0) is 18.4 Å². The molecule has 1 atom stereocenters. The highest BCUT2D eigenvalue weighted by molar-refractivity contribution is 9.10. The fourth-order valence-corrected chi connectivity index (χ4v) is 4.46. The first-order chi connectivity index (χ1) is 14.8. The number of carbonyl (C=O) groups excluding carboxylic acids is 1. The minimum atomic E-state index is -1.06. The lowest BCUT2D eigenvalue weighted by Gasteiger charge is -2.38. The van der Waals surface area contributed by atoms with Crippen LogP contribution in [0.1, 0.15) is 37.7 Å². The zero-order valence-electron chi connectivity index (χ0n) is 17.7. The summed E-state index contributed by atoms with van der Waals surface area (Å²) in [4.78, 5) is 35.9. The highest BCUT2D eigenvalue weighted by Gasteiger charge is 2.35. The molecule has 0 unspecified atom stereocenters. The number of nitrogens with zero attached hydrogens (tertiary/aromatic N) is 5. The lowest BCUT2D eigenvalue weighted by Crippen LogP contribution is -2.49. The van der Waals surface area contributed by atoms with Crippen LogP contribution in [0.5, 0.6) is 0 Å². The van der Waals surface area contributed by atoms with Gasteiger partial charge in [-0.25, -0.2) is 9.97 Å². The number of hydrogen-bond acceptors (Lipinski definition) is 5. The second-order valence-corrected chi connectivity index (χ2v) is 9.12. The molecule has 164 valence electrons. The normalized spacial score (nSPS) is 17.1. The van der Waals surface area contributed by atoms with Gasteiger partial charge >= 0.3 is 0 Å². The molecule has 3 aromatic rings. The molecule has 31 heavy (non-hydrogen) atoms. The predicted octanol–water partition coefficient (Wildman–Crippen LogP) is 2.44. The van der Waals surface area contributed by atoms with E-state index in [0.717, 1.165) is 5.56 Å². The number of rotatable bonds is 5. The highest BCUT2D eigenvalue weighted by atomic mass is 79.9. The summed E-state index contributed by atoms with van der Waals surface area (Å²) in [6.07, 6.45) is 2.72. The van der Waals surface area contributed by atoms with E-state index in [1.165, 1.54) is 10.9 Å². The Kier molecular flexibility index (Phi) is 5.98. The molecule has 1 N–H and O–H groups in total. The Morgan fingerprint density at radius 3 is 2.61 bits per heavy atom. The number of aromatic nitrogens is 4. The zero-order valence-corrected chi connectivity index (χ0v) is 19.2. The number of fused-ring (bicyclic) bond motifs is 1. The number of carbonyl (C=O) groups is 1. The maximum absolute atomic E-state index is 12.8. The second kappa shape index (κ2) is 8.55. The summed E-state index contributed by atoms with van der Waals surface area (Å²) >= 11 is 3.31. The minimum Gasteiger partial charge on any atom is -0.388 e. The van der Waals surface area contributed by atoms with Crippen LogP contribution in [0.4, 0.5) is 0 Å². The number of imidazole rings is 1. The van der Waals surface area contributed by atoms with Gasteiger partial charge in [-0.2, -0.15) is 0 Å². The second-order valence-electron chi connectivity index (χ2n) is 8.41. The predicted molar refractivity (Wildman–Crippen MR) is 121 cm³/mol. The van der Waals surface area contributed by atoms with Crippen molar-refractivity contribution in [2.45, 2.75) is 44.2 Å². The number of aliphatic hydroxyl groups is 1. The molecule has 0 aliphatic carbocycles. The first-order valence-corrected chi connectivity index (χ1v) is 11.2. The Bertz CT molecular complexity index is 1150. The number of halogens is 1. The summed E-state index contributed by atoms with van der Waals surface area (Å²) in [5.74, 6) is 0.237. The van der Waals surface area contributed by atoms with Crippen LogP contribution in [0.25, 0.3) is 11.2 Å². The van der Waals surface area contributed by atoms with Crippen LogP contribution < -0.4 is 5.56 Å². The Morgan fingerprint density at radius 1 is 1.26 bits per heavy atom. The Morgan fingerprint density at radius 2 is 1.94 bits per heavy atom. The molecule has 1 amide bonds. The lowest BCUT2D eigenvalue weighted by molar-refractivity contribution is -0.136. The lowest BCUT2D eigenvalue weighted by atomic mass is 9.90. The quantitative estimate of drug-likeness (QED) is 0.557. The van der Waals surface area contributed by atoms with Gasteiger partial charge in [-0.3, -0.25) is 14.2 Å². The number of hydrogen-bond donors (Lipinski definition) is 1. The third-order valence-electron chi connectivity index (χ3n) is 6.15. The van der Waals surface area contributed by atoms with Crippen molar-refractivity contribution in [1.29, 1.82) is 0 Å². The molecule has 3 heterocycles. The number of piperidine rings is 1. The van der Waals surface area contributed by atoms with E-state index in [-0.39, 0.29) is 29.4 Å². The van der Waals surface area contributed by atoms with Crippen molar-refractivity contribution in [3.63, 3.8) is 0 Å². The van der Waals surface area contributed by atoms with Gasteiger partial charge in [-0.15, -0.1) is 0 Å². The van der Waals surface area contributed by atoms with Crippen LogP contribution in [0.3, 0.4) is 0 Å². The third kappa shape index (κ3) is 4.43. The summed E-state index contributed by atoms with van der Waals surface area (Å²) in [6.45, 7) is 3.12. The van der Waals surface area contributed by atoms with E-state index in [4.69, 9.17) is 0 Å². The third-order valence-corrected chi connectivity index (χ3v) is 6.86. The Hall–Kier alpha value is -2.52. The number of likely N-dealkylation sites (tertiary alicyclic amines) is 1. The van der Waals surface area contributed by atoms with Gasteiger partial charge in [0.05, 0.1) is 12.1 Å². The molecule has 0 saturated carbocycles. The summed E-state index contributed by atoms with van der Waals surface area (Å²) in [7, 11) is 1.77. The van der Waals surface area contributed by atoms with E-state index >= 15 is 0 Å². The molecule has 1 aromatic carbocycles. The molecule has 2 aromatic heterocycles. The summed E-state index contributed by atoms with van der Waals surface area (Å²) in [5.41, 5.74) is 0.561. The molecule has 1 aliphatic rings. The van der Waals surface area contributed by atoms with Crippen LogP contribution in [0.15, 0.2) is 46.2 Å². The van der Waals surface area contributed by atoms with Crippen molar-refractivity contribution >= 4 is 33.0 Å². The van der Waals surface area contributed by atoms with E-state index in [9.17, 15) is 14.7 Å². The summed E-state index contributed by atoms with van der Waals surface area (Å²) in [5, 5.41) is 11.1. The van der Waals surface area contributed by atoms with Crippen molar-refractivity contribution in [1.82, 2.24) is 24.0 Å². The van der Waals surface area contributed by atoms with E-state index in [1.807, 2.05) is 35.2 Å². The fraction of sp³-hybridized carbons (Fsp3) is 0.455. The van der Waals surface area contributed by atoms with Crippen LogP contribution in [0, 0.1) is 0 Å². The largest absolute Gasteiger partial charge is 0.388 e. The van der Waals surface area contributed by atoms with Gasteiger partial charge in [0.15, 0.2) is 15.9 Å². The average molecular weight is 488 g/mol. The molecule has 4 rings (SSSR count). The van der Waals surface area contributed by atoms with Crippen LogP contribution in [-0.4, -0.2) is 53.7 Å². The maximum atomic E-state index is 12.8. The smallest absolute Gasteiger partial charge is 0.281 e. The van der Waals surface area contributed by atoms with E-state index in [1.54, 1.807) is 11.6 Å². The molecule has 1 fully saturated rings. The van der Waals surface area contributed by atoms with E-state index < -0.39 is 5.60 Å². The fourth-order valence-electron chi connectivity index (χ4n) is 4.12. The van der Waals surface area contributed by atoms with Crippen molar-refractivity contribution in [2.24, 2.45) is 7.05 Å². The molecule has 1 aliphatic heterocycles. The van der Waals surface area contributed by atoms with Crippen molar-refractivity contribution in [3.8, 4) is 0 Å². The number of benzene rings is 1. The summed E-state index contributed by atoms with van der Waals surface area (Å²) < 4.78 is 3.63. The molecular weight excluding hydrogens is 462 g/mol. The van der Waals surface area contributed by atoms with Gasteiger partial charge in [0.2, 0.25) is 5.91 Å². The minimum absolute atomic E-state index is 0.0944. The average Bonchev–Trinajstić information content (AvgIpc) is 3.05. The molecular formula is C22H26BrN5O3. The highest BCUT2D eigenvalue weighted by Crippen LogP contribution is 2.26. The molecule has 0 bridgehead atoms. The van der Waals surface area contributed by atoms with Crippen LogP contribution in [0.2, 0.25) is 0 Å². The van der Waals surface area contributed by atoms with Gasteiger partial charge in [0, 0.05) is 26.6 Å². The standard InChI is InChI=1S/C22H26BrN5O3/c1-15(16-6-4-3-5-7-16)12-17(29)27-10-8-22(31,9-11-27)13-28-14-24-19-18(20(28)30)25-21(23)26(19)2/h3-7,14-15,31H,8-13H2,1-2H3/t15-/m1/s1. The summed E-state index contributed by atoms with van der Waals surface area (Å²) in [6, 6.07) is 10.0. The molecule has 9 heteroatoms. The SMILES string of the molecule is C[C@H](CC(=O)N1CCC(O)(Cn2cnc3c(nc(Br)n3C)c2=O)CC1)c1ccccc1. The Balaban J connectivity index is 1.40. The van der Waals surface area contributed by atoms with Crippen molar-refractivity contribution in [3.05, 3.63) is 57.3 Å². The molecule has 0 spiro atoms. The molecule has 1 saturated heterocycles. The molecule has 0 radical (unpaired) electrons. The van der Waals surface area contributed by atoms with Crippen molar-refractivity contribution < 1.29 is 9.90 Å². The number of aryl methyl sites for hydroxylation is 1. The molecule has 8 nitrogen and oxygen atoms in total. The van der Waals surface area contributed by atoms with Crippen LogP contribution >= 0.6 is 15.9 Å². The van der Waals surface area contributed by atoms with Gasteiger partial charge < -0.3 is 14.6 Å². The van der Waals surface area contributed by atoms with Gasteiger partial charge in [-0.1, -0.05) is 37.3 Å². The van der Waals surface area contributed by atoms with Gasteiger partial charge in [-0.05, 0) is 40.3 Å². The zero-order chi connectivity index (χ0) is 22.2. The van der Waals surface area contributed by atoms with E-state index in [0.29, 0.717) is 42.7 Å². The first-order valence-electron chi connectivity index (χ1n) is 10.4.